The zero-order valence-corrected chi connectivity index (χ0v) is 14.0. The second kappa shape index (κ2) is 5.98. The summed E-state index contributed by atoms with van der Waals surface area (Å²) in [5.41, 5.74) is 2.78. The molecule has 0 bridgehead atoms. The number of aromatic nitrogens is 2. The van der Waals surface area contributed by atoms with Gasteiger partial charge >= 0.3 is 0 Å². The lowest BCUT2D eigenvalue weighted by Crippen LogP contribution is -2.32. The predicted molar refractivity (Wildman–Crippen MR) is 92.7 cm³/mol. The zero-order chi connectivity index (χ0) is 16.7. The Hall–Kier alpha value is -2.27. The van der Waals surface area contributed by atoms with Gasteiger partial charge in [-0.05, 0) is 23.3 Å². The third-order valence-corrected chi connectivity index (χ3v) is 5.14. The van der Waals surface area contributed by atoms with E-state index in [9.17, 15) is 4.79 Å². The third-order valence-electron chi connectivity index (χ3n) is 5.14. The van der Waals surface area contributed by atoms with Crippen LogP contribution >= 0.6 is 0 Å². The number of carbonyl (C=O) groups excluding carboxylic acids is 1. The van der Waals surface area contributed by atoms with Crippen molar-refractivity contribution in [3.8, 4) is 11.4 Å². The fraction of sp³-hybridized carbons (Fsp3) is 0.421. The predicted octanol–water partition coefficient (Wildman–Crippen LogP) is 2.21. The lowest BCUT2D eigenvalue weighted by molar-refractivity contribution is 0.0946. The first-order chi connectivity index (χ1) is 11.6. The van der Waals surface area contributed by atoms with Crippen molar-refractivity contribution in [2.75, 3.05) is 13.1 Å². The van der Waals surface area contributed by atoms with E-state index in [1.807, 2.05) is 12.1 Å². The summed E-state index contributed by atoms with van der Waals surface area (Å²) >= 11 is 0. The molecule has 2 aliphatic rings. The highest BCUT2D eigenvalue weighted by Crippen LogP contribution is 2.41. The van der Waals surface area contributed by atoms with Gasteiger partial charge in [-0.3, -0.25) is 4.79 Å². The highest BCUT2D eigenvalue weighted by molar-refractivity contribution is 5.94. The molecule has 1 saturated heterocycles. The Bertz CT molecular complexity index is 729. The van der Waals surface area contributed by atoms with Gasteiger partial charge in [0.2, 0.25) is 0 Å². The van der Waals surface area contributed by atoms with Gasteiger partial charge in [0.05, 0.1) is 5.56 Å². The van der Waals surface area contributed by atoms with E-state index in [1.165, 1.54) is 5.56 Å². The van der Waals surface area contributed by atoms with Crippen LogP contribution in [0.15, 0.2) is 36.7 Å². The van der Waals surface area contributed by atoms with Crippen LogP contribution in [0.25, 0.3) is 11.4 Å². The van der Waals surface area contributed by atoms with Crippen LogP contribution in [0.3, 0.4) is 0 Å². The van der Waals surface area contributed by atoms with Gasteiger partial charge in [-0.1, -0.05) is 38.1 Å². The number of nitrogens with one attached hydrogen (secondary N) is 2. The number of hydrogen-bond donors (Lipinski definition) is 2. The Kier molecular flexibility index (Phi) is 3.81. The second-order valence-electron chi connectivity index (χ2n) is 7.06. The van der Waals surface area contributed by atoms with Crippen molar-refractivity contribution < 1.29 is 4.79 Å². The van der Waals surface area contributed by atoms with E-state index in [-0.39, 0.29) is 5.91 Å². The summed E-state index contributed by atoms with van der Waals surface area (Å²) in [6.45, 7) is 6.36. The standard InChI is InChI=1S/C19H22N4O/c1-11(2)12-3-5-13(6-4-12)18-21-7-14(8-22-18)19(24)23-17-15-9-20-10-16(15)17/h3-8,11,15-17,20H,9-10H2,1-2H3,(H,23,24)/t15-,16+,17?. The quantitative estimate of drug-likeness (QED) is 0.906. The minimum atomic E-state index is -0.0731. The SMILES string of the molecule is CC(C)c1ccc(-c2ncc(C(=O)NC3[C@H]4CNC[C@@H]34)cn2)cc1. The highest BCUT2D eigenvalue weighted by Gasteiger charge is 2.53. The van der Waals surface area contributed by atoms with Crippen LogP contribution in [-0.4, -0.2) is 35.0 Å². The molecular weight excluding hydrogens is 300 g/mol. The number of fused-ring (bicyclic) bond motifs is 1. The van der Waals surface area contributed by atoms with Crippen molar-refractivity contribution in [3.05, 3.63) is 47.8 Å². The summed E-state index contributed by atoms with van der Waals surface area (Å²) in [5.74, 6) is 2.29. The zero-order valence-electron chi connectivity index (χ0n) is 14.0. The fourth-order valence-corrected chi connectivity index (χ4v) is 3.48. The molecule has 1 unspecified atom stereocenters. The van der Waals surface area contributed by atoms with E-state index in [1.54, 1.807) is 12.4 Å². The molecular formula is C19H22N4O. The molecule has 5 heteroatoms. The number of rotatable bonds is 4. The molecule has 0 radical (unpaired) electrons. The Morgan fingerprint density at radius 2 is 1.75 bits per heavy atom. The Balaban J connectivity index is 1.43. The van der Waals surface area contributed by atoms with Gasteiger partial charge in [0.1, 0.15) is 0 Å². The maximum atomic E-state index is 12.3. The van der Waals surface area contributed by atoms with Gasteiger partial charge in [-0.25, -0.2) is 9.97 Å². The normalized spacial score (nSPS) is 24.7. The fourth-order valence-electron chi connectivity index (χ4n) is 3.48. The molecule has 2 N–H and O–H groups in total. The van der Waals surface area contributed by atoms with E-state index in [2.05, 4.69) is 46.6 Å². The minimum absolute atomic E-state index is 0.0731. The Morgan fingerprint density at radius 3 is 2.33 bits per heavy atom. The van der Waals surface area contributed by atoms with Gasteiger partial charge in [-0.2, -0.15) is 0 Å². The summed E-state index contributed by atoms with van der Waals surface area (Å²) in [6.07, 6.45) is 3.23. The number of carbonyl (C=O) groups is 1. The van der Waals surface area contributed by atoms with E-state index in [0.717, 1.165) is 18.7 Å². The highest BCUT2D eigenvalue weighted by atomic mass is 16.1. The molecule has 1 aromatic heterocycles. The number of piperidine rings is 1. The van der Waals surface area contributed by atoms with E-state index in [0.29, 0.717) is 35.2 Å². The summed E-state index contributed by atoms with van der Waals surface area (Å²) in [4.78, 5) is 21.0. The Labute approximate surface area is 141 Å². The van der Waals surface area contributed by atoms with Crippen LogP contribution in [-0.2, 0) is 0 Å². The number of amides is 1. The van der Waals surface area contributed by atoms with Crippen molar-refractivity contribution in [1.29, 1.82) is 0 Å². The van der Waals surface area contributed by atoms with E-state index < -0.39 is 0 Å². The average molecular weight is 322 g/mol. The van der Waals surface area contributed by atoms with E-state index >= 15 is 0 Å². The molecule has 2 fully saturated rings. The topological polar surface area (TPSA) is 66.9 Å². The van der Waals surface area contributed by atoms with Crippen LogP contribution < -0.4 is 10.6 Å². The Morgan fingerprint density at radius 1 is 1.12 bits per heavy atom. The van der Waals surface area contributed by atoms with Gasteiger partial charge in [-0.15, -0.1) is 0 Å². The van der Waals surface area contributed by atoms with Crippen LogP contribution in [0.1, 0.15) is 35.7 Å². The second-order valence-corrected chi connectivity index (χ2v) is 7.06. The third kappa shape index (κ3) is 2.80. The average Bonchev–Trinajstić information content (AvgIpc) is 3.03. The van der Waals surface area contributed by atoms with Crippen molar-refractivity contribution in [2.45, 2.75) is 25.8 Å². The number of hydrogen-bond acceptors (Lipinski definition) is 4. The van der Waals surface area contributed by atoms with Crippen molar-refractivity contribution in [3.63, 3.8) is 0 Å². The smallest absolute Gasteiger partial charge is 0.254 e. The van der Waals surface area contributed by atoms with Crippen molar-refractivity contribution in [2.24, 2.45) is 11.8 Å². The maximum Gasteiger partial charge on any atom is 0.254 e. The molecule has 4 rings (SSSR count). The van der Waals surface area contributed by atoms with Crippen LogP contribution in [0.4, 0.5) is 0 Å². The molecule has 124 valence electrons. The molecule has 2 heterocycles. The summed E-state index contributed by atoms with van der Waals surface area (Å²) < 4.78 is 0. The number of nitrogens with zero attached hydrogens (tertiary/aromatic N) is 2. The molecule has 1 aliphatic carbocycles. The van der Waals surface area contributed by atoms with Crippen LogP contribution in [0.5, 0.6) is 0 Å². The molecule has 24 heavy (non-hydrogen) atoms. The summed E-state index contributed by atoms with van der Waals surface area (Å²) in [7, 11) is 0. The molecule has 1 aromatic carbocycles. The molecule has 3 atom stereocenters. The maximum absolute atomic E-state index is 12.3. The van der Waals surface area contributed by atoms with Crippen LogP contribution in [0.2, 0.25) is 0 Å². The lowest BCUT2D eigenvalue weighted by atomic mass is 10.0. The monoisotopic (exact) mass is 322 g/mol. The van der Waals surface area contributed by atoms with Gasteiger partial charge < -0.3 is 10.6 Å². The van der Waals surface area contributed by atoms with E-state index in [4.69, 9.17) is 0 Å². The molecule has 1 amide bonds. The minimum Gasteiger partial charge on any atom is -0.349 e. The first-order valence-corrected chi connectivity index (χ1v) is 8.57. The molecule has 0 spiro atoms. The molecule has 2 aromatic rings. The molecule has 5 nitrogen and oxygen atoms in total. The first kappa shape index (κ1) is 15.3. The molecule has 1 aliphatic heterocycles. The van der Waals surface area contributed by atoms with Crippen molar-refractivity contribution >= 4 is 5.91 Å². The first-order valence-electron chi connectivity index (χ1n) is 8.57. The van der Waals surface area contributed by atoms with Crippen LogP contribution in [0, 0.1) is 11.8 Å². The van der Waals surface area contributed by atoms with Gasteiger partial charge in [0, 0.05) is 37.1 Å². The summed E-state index contributed by atoms with van der Waals surface area (Å²) in [5, 5.41) is 6.42. The van der Waals surface area contributed by atoms with Gasteiger partial charge in [0.25, 0.3) is 5.91 Å². The lowest BCUT2D eigenvalue weighted by Gasteiger charge is -2.08. The largest absolute Gasteiger partial charge is 0.349 e. The summed E-state index contributed by atoms with van der Waals surface area (Å²) in [6, 6.07) is 8.58. The molecule has 1 saturated carbocycles. The van der Waals surface area contributed by atoms with Gasteiger partial charge in [0.15, 0.2) is 5.82 Å². The van der Waals surface area contributed by atoms with Crippen molar-refractivity contribution in [1.82, 2.24) is 20.6 Å². The number of benzene rings is 1.